The molecule has 0 spiro atoms. The molecule has 0 aliphatic rings. The van der Waals surface area contributed by atoms with E-state index in [0.29, 0.717) is 24.6 Å². The number of benzene rings is 4. The standard InChI is InChI=1S/C38H38N4O4/c1-3-45-37(43)39-25-19-21-27-29-13-9-11-17-33(29)41-35(31(27)23-25)15-7-5-6-8-16-36-32-24-26(40-38(44)46-4-2)20-22-28(32)30-14-10-12-18-34(30)42-36/h9-14,17-24H,3-8,15-16H2,1-2H3,(H,39,43)(H,40,44). The average Bonchev–Trinajstić information content (AvgIpc) is 3.06. The Bertz CT molecular complexity index is 1890. The third-order valence-electron chi connectivity index (χ3n) is 8.18. The number of fused-ring (bicyclic) bond motifs is 6. The van der Waals surface area contributed by atoms with Crippen molar-refractivity contribution >= 4 is 66.9 Å². The Morgan fingerprint density at radius 1 is 0.543 bits per heavy atom. The summed E-state index contributed by atoms with van der Waals surface area (Å²) in [7, 11) is 0. The maximum absolute atomic E-state index is 12.1. The zero-order valence-electron chi connectivity index (χ0n) is 26.3. The van der Waals surface area contributed by atoms with Gasteiger partial charge in [0.2, 0.25) is 0 Å². The summed E-state index contributed by atoms with van der Waals surface area (Å²) in [5.41, 5.74) is 5.40. The third-order valence-corrected chi connectivity index (χ3v) is 8.18. The van der Waals surface area contributed by atoms with Gasteiger partial charge in [0, 0.05) is 44.3 Å². The van der Waals surface area contributed by atoms with Crippen molar-refractivity contribution in [3.63, 3.8) is 0 Å². The van der Waals surface area contributed by atoms with Gasteiger partial charge in [-0.25, -0.2) is 9.59 Å². The van der Waals surface area contributed by atoms with E-state index in [-0.39, 0.29) is 0 Å². The fourth-order valence-electron chi connectivity index (χ4n) is 6.09. The summed E-state index contributed by atoms with van der Waals surface area (Å²) >= 11 is 0. The summed E-state index contributed by atoms with van der Waals surface area (Å²) in [4.78, 5) is 34.2. The first kappa shape index (κ1) is 30.8. The van der Waals surface area contributed by atoms with E-state index >= 15 is 0 Å². The average molecular weight is 615 g/mol. The first-order valence-corrected chi connectivity index (χ1v) is 16.0. The molecule has 0 radical (unpaired) electrons. The zero-order chi connectivity index (χ0) is 31.9. The Kier molecular flexibility index (Phi) is 9.53. The molecule has 46 heavy (non-hydrogen) atoms. The second kappa shape index (κ2) is 14.2. The number of anilines is 2. The number of hydrogen-bond donors (Lipinski definition) is 2. The van der Waals surface area contributed by atoms with E-state index in [1.54, 1.807) is 13.8 Å². The van der Waals surface area contributed by atoms with Crippen molar-refractivity contribution < 1.29 is 19.1 Å². The van der Waals surface area contributed by atoms with E-state index in [9.17, 15) is 9.59 Å². The second-order valence-electron chi connectivity index (χ2n) is 11.3. The van der Waals surface area contributed by atoms with Gasteiger partial charge in [0.25, 0.3) is 0 Å². The van der Waals surface area contributed by atoms with Crippen LogP contribution in [0.1, 0.15) is 50.9 Å². The van der Waals surface area contributed by atoms with Crippen LogP contribution in [-0.4, -0.2) is 35.4 Å². The van der Waals surface area contributed by atoms with Crippen molar-refractivity contribution in [3.05, 3.63) is 96.3 Å². The Morgan fingerprint density at radius 2 is 0.978 bits per heavy atom. The Labute approximate surface area is 268 Å². The lowest BCUT2D eigenvalue weighted by atomic mass is 9.98. The molecule has 0 fully saturated rings. The molecule has 2 heterocycles. The Morgan fingerprint density at radius 3 is 1.41 bits per heavy atom. The van der Waals surface area contributed by atoms with Gasteiger partial charge in [0.05, 0.1) is 24.2 Å². The molecule has 0 saturated heterocycles. The van der Waals surface area contributed by atoms with Crippen LogP contribution in [0.15, 0.2) is 84.9 Å². The molecular formula is C38H38N4O4. The van der Waals surface area contributed by atoms with Gasteiger partial charge in [0.15, 0.2) is 0 Å². The van der Waals surface area contributed by atoms with E-state index in [1.165, 1.54) is 0 Å². The fourth-order valence-corrected chi connectivity index (χ4v) is 6.09. The van der Waals surface area contributed by atoms with E-state index in [4.69, 9.17) is 19.4 Å². The summed E-state index contributed by atoms with van der Waals surface area (Å²) < 4.78 is 10.2. The van der Waals surface area contributed by atoms with Gasteiger partial charge in [-0.05, 0) is 86.7 Å². The van der Waals surface area contributed by atoms with Crippen molar-refractivity contribution in [1.82, 2.24) is 9.97 Å². The van der Waals surface area contributed by atoms with E-state index < -0.39 is 12.2 Å². The van der Waals surface area contributed by atoms with Crippen molar-refractivity contribution in [3.8, 4) is 0 Å². The number of unbranched alkanes of at least 4 members (excludes halogenated alkanes) is 3. The molecule has 234 valence electrons. The van der Waals surface area contributed by atoms with E-state index in [1.807, 2.05) is 48.5 Å². The first-order valence-electron chi connectivity index (χ1n) is 16.0. The molecular weight excluding hydrogens is 576 g/mol. The molecule has 8 nitrogen and oxygen atoms in total. The number of rotatable bonds is 11. The van der Waals surface area contributed by atoms with E-state index in [0.717, 1.165) is 93.3 Å². The minimum atomic E-state index is -0.461. The van der Waals surface area contributed by atoms with Gasteiger partial charge >= 0.3 is 12.2 Å². The Balaban J connectivity index is 1.16. The van der Waals surface area contributed by atoms with Crippen LogP contribution in [-0.2, 0) is 22.3 Å². The van der Waals surface area contributed by atoms with Crippen LogP contribution < -0.4 is 10.6 Å². The summed E-state index contributed by atoms with van der Waals surface area (Å²) in [6.07, 6.45) is 4.85. The number of aromatic nitrogens is 2. The molecule has 0 unspecified atom stereocenters. The maximum atomic E-state index is 12.1. The molecule has 0 aliphatic heterocycles. The summed E-state index contributed by atoms with van der Waals surface area (Å²) in [5.74, 6) is 0. The molecule has 0 saturated carbocycles. The van der Waals surface area contributed by atoms with Crippen LogP contribution in [0.25, 0.3) is 43.4 Å². The highest BCUT2D eigenvalue weighted by Gasteiger charge is 2.13. The van der Waals surface area contributed by atoms with Crippen LogP contribution >= 0.6 is 0 Å². The minimum absolute atomic E-state index is 0.317. The van der Waals surface area contributed by atoms with Gasteiger partial charge in [-0.1, -0.05) is 61.4 Å². The van der Waals surface area contributed by atoms with Crippen molar-refractivity contribution in [2.24, 2.45) is 0 Å². The summed E-state index contributed by atoms with van der Waals surface area (Å²) in [6, 6.07) is 28.3. The molecule has 6 rings (SSSR count). The number of nitrogens with one attached hydrogen (secondary N) is 2. The molecule has 2 aromatic heterocycles. The molecule has 0 bridgehead atoms. The van der Waals surface area contributed by atoms with Crippen molar-refractivity contribution in [2.75, 3.05) is 23.8 Å². The molecule has 0 aliphatic carbocycles. The van der Waals surface area contributed by atoms with Gasteiger partial charge in [-0.3, -0.25) is 20.6 Å². The molecule has 6 aromatic rings. The predicted molar refractivity (Wildman–Crippen MR) is 186 cm³/mol. The zero-order valence-corrected chi connectivity index (χ0v) is 26.3. The predicted octanol–water partition coefficient (Wildman–Crippen LogP) is 9.57. The lowest BCUT2D eigenvalue weighted by Crippen LogP contribution is -2.13. The highest BCUT2D eigenvalue weighted by Crippen LogP contribution is 2.32. The second-order valence-corrected chi connectivity index (χ2v) is 11.3. The normalized spacial score (nSPS) is 11.3. The van der Waals surface area contributed by atoms with Gasteiger partial charge < -0.3 is 9.47 Å². The molecule has 2 amide bonds. The topological polar surface area (TPSA) is 102 Å². The number of carbonyl (C=O) groups is 2. The molecule has 8 heteroatoms. The van der Waals surface area contributed by atoms with Crippen LogP contribution in [0, 0.1) is 0 Å². The maximum Gasteiger partial charge on any atom is 0.411 e. The molecule has 0 atom stereocenters. The number of amides is 2. The van der Waals surface area contributed by atoms with Gasteiger partial charge in [0.1, 0.15) is 0 Å². The number of nitrogens with zero attached hydrogens (tertiary/aromatic N) is 2. The third kappa shape index (κ3) is 6.86. The lowest BCUT2D eigenvalue weighted by Gasteiger charge is -2.13. The van der Waals surface area contributed by atoms with Crippen molar-refractivity contribution in [1.29, 1.82) is 0 Å². The smallest absolute Gasteiger partial charge is 0.411 e. The van der Waals surface area contributed by atoms with E-state index in [2.05, 4.69) is 47.0 Å². The highest BCUT2D eigenvalue weighted by molar-refractivity contribution is 6.09. The van der Waals surface area contributed by atoms with Crippen LogP contribution in [0.2, 0.25) is 0 Å². The summed E-state index contributed by atoms with van der Waals surface area (Å²) in [6.45, 7) is 4.21. The molecule has 4 aromatic carbocycles. The number of carbonyl (C=O) groups excluding carboxylic acids is 2. The Hall–Kier alpha value is -5.24. The van der Waals surface area contributed by atoms with Crippen LogP contribution in [0.5, 0.6) is 0 Å². The lowest BCUT2D eigenvalue weighted by molar-refractivity contribution is 0.167. The highest BCUT2D eigenvalue weighted by atomic mass is 16.6. The molecule has 2 N–H and O–H groups in total. The number of para-hydroxylation sites is 2. The van der Waals surface area contributed by atoms with Crippen molar-refractivity contribution in [2.45, 2.75) is 52.4 Å². The van der Waals surface area contributed by atoms with Gasteiger partial charge in [-0.15, -0.1) is 0 Å². The number of pyridine rings is 2. The first-order chi connectivity index (χ1) is 22.5. The van der Waals surface area contributed by atoms with Crippen LogP contribution in [0.3, 0.4) is 0 Å². The fraction of sp³-hybridized carbons (Fsp3) is 0.263. The quantitative estimate of drug-likeness (QED) is 0.111. The number of aryl methyl sites for hydroxylation is 2. The number of hydrogen-bond acceptors (Lipinski definition) is 6. The summed E-state index contributed by atoms with van der Waals surface area (Å²) in [5, 5.41) is 12.2. The minimum Gasteiger partial charge on any atom is -0.450 e. The van der Waals surface area contributed by atoms with Gasteiger partial charge in [-0.2, -0.15) is 0 Å². The monoisotopic (exact) mass is 614 g/mol. The number of ether oxygens (including phenoxy) is 2. The largest absolute Gasteiger partial charge is 0.450 e. The van der Waals surface area contributed by atoms with Crippen LogP contribution in [0.4, 0.5) is 21.0 Å². The SMILES string of the molecule is CCOC(=O)Nc1ccc2c(c1)c(CCCCCCc1nc3ccccc3c3ccc(NC(=O)OCC)cc13)nc1ccccc12.